The zero-order chi connectivity index (χ0) is 12.7. The third-order valence-electron chi connectivity index (χ3n) is 1.98. The summed E-state index contributed by atoms with van der Waals surface area (Å²) in [5.74, 6) is -0.353. The van der Waals surface area contributed by atoms with Gasteiger partial charge >= 0.3 is 0 Å². The van der Waals surface area contributed by atoms with Gasteiger partial charge in [-0.25, -0.2) is 0 Å². The van der Waals surface area contributed by atoms with E-state index in [2.05, 4.69) is 5.32 Å². The van der Waals surface area contributed by atoms with Crippen LogP contribution in [0.2, 0.25) is 5.02 Å². The first kappa shape index (κ1) is 13.8. The van der Waals surface area contributed by atoms with Crippen molar-refractivity contribution < 1.29 is 19.7 Å². The van der Waals surface area contributed by atoms with Crippen LogP contribution < -0.4 is 5.32 Å². The Morgan fingerprint density at radius 2 is 2.18 bits per heavy atom. The SMILES string of the molecule is O=C(NCCOCCO)c1ccc(O)c(Cl)c1. The normalized spacial score (nSPS) is 10.2. The van der Waals surface area contributed by atoms with E-state index in [-0.39, 0.29) is 29.9 Å². The van der Waals surface area contributed by atoms with Gasteiger partial charge < -0.3 is 20.3 Å². The Labute approximate surface area is 104 Å². The van der Waals surface area contributed by atoms with E-state index in [0.29, 0.717) is 18.7 Å². The number of amides is 1. The van der Waals surface area contributed by atoms with Crippen LogP contribution in [0.3, 0.4) is 0 Å². The lowest BCUT2D eigenvalue weighted by molar-refractivity contribution is 0.0838. The van der Waals surface area contributed by atoms with Gasteiger partial charge in [-0.15, -0.1) is 0 Å². The van der Waals surface area contributed by atoms with Crippen molar-refractivity contribution in [3.05, 3.63) is 28.8 Å². The summed E-state index contributed by atoms with van der Waals surface area (Å²) >= 11 is 5.68. The summed E-state index contributed by atoms with van der Waals surface area (Å²) in [5.41, 5.74) is 0.370. The number of rotatable bonds is 6. The van der Waals surface area contributed by atoms with Crippen LogP contribution in [-0.2, 0) is 4.74 Å². The molecule has 5 nitrogen and oxygen atoms in total. The monoisotopic (exact) mass is 259 g/mol. The third-order valence-corrected chi connectivity index (χ3v) is 2.28. The van der Waals surface area contributed by atoms with Crippen LogP contribution >= 0.6 is 11.6 Å². The molecule has 0 fully saturated rings. The molecule has 6 heteroatoms. The van der Waals surface area contributed by atoms with Crippen molar-refractivity contribution in [2.24, 2.45) is 0 Å². The molecule has 1 aromatic rings. The lowest BCUT2D eigenvalue weighted by atomic mass is 10.2. The maximum atomic E-state index is 11.6. The summed E-state index contributed by atoms with van der Waals surface area (Å²) in [6, 6.07) is 4.23. The summed E-state index contributed by atoms with van der Waals surface area (Å²) in [4.78, 5) is 11.6. The van der Waals surface area contributed by atoms with Crippen molar-refractivity contribution in [3.63, 3.8) is 0 Å². The predicted octanol–water partition coefficient (Wildman–Crippen LogP) is 0.784. The van der Waals surface area contributed by atoms with E-state index in [1.54, 1.807) is 0 Å². The van der Waals surface area contributed by atoms with Gasteiger partial charge in [0, 0.05) is 12.1 Å². The minimum absolute atomic E-state index is 0.0402. The lowest BCUT2D eigenvalue weighted by Crippen LogP contribution is -2.27. The number of aromatic hydroxyl groups is 1. The molecule has 1 aromatic carbocycles. The average Bonchev–Trinajstić information content (AvgIpc) is 2.32. The highest BCUT2D eigenvalue weighted by Gasteiger charge is 2.07. The molecule has 0 radical (unpaired) electrons. The summed E-state index contributed by atoms with van der Waals surface area (Å²) in [6.07, 6.45) is 0. The van der Waals surface area contributed by atoms with Crippen LogP contribution in [0.25, 0.3) is 0 Å². The third kappa shape index (κ3) is 4.60. The molecule has 0 spiro atoms. The number of aliphatic hydroxyl groups is 1. The number of hydrogen-bond donors (Lipinski definition) is 3. The molecule has 0 aromatic heterocycles. The Bertz CT molecular complexity index is 384. The molecule has 1 amide bonds. The molecule has 0 heterocycles. The van der Waals surface area contributed by atoms with Gasteiger partial charge in [-0.05, 0) is 18.2 Å². The number of aliphatic hydroxyl groups excluding tert-OH is 1. The van der Waals surface area contributed by atoms with E-state index >= 15 is 0 Å². The Balaban J connectivity index is 2.39. The largest absolute Gasteiger partial charge is 0.506 e. The minimum Gasteiger partial charge on any atom is -0.506 e. The van der Waals surface area contributed by atoms with Crippen LogP contribution in [0.1, 0.15) is 10.4 Å². The molecular formula is C11H14ClNO4. The van der Waals surface area contributed by atoms with Crippen molar-refractivity contribution in [2.45, 2.75) is 0 Å². The molecule has 0 saturated carbocycles. The zero-order valence-electron chi connectivity index (χ0n) is 9.15. The van der Waals surface area contributed by atoms with Gasteiger partial charge in [-0.1, -0.05) is 11.6 Å². The first-order chi connectivity index (χ1) is 8.15. The average molecular weight is 260 g/mol. The van der Waals surface area contributed by atoms with E-state index < -0.39 is 0 Å². The number of hydrogen-bond acceptors (Lipinski definition) is 4. The highest BCUT2D eigenvalue weighted by Crippen LogP contribution is 2.23. The highest BCUT2D eigenvalue weighted by atomic mass is 35.5. The van der Waals surface area contributed by atoms with E-state index in [1.165, 1.54) is 18.2 Å². The number of ether oxygens (including phenoxy) is 1. The molecular weight excluding hydrogens is 246 g/mol. The van der Waals surface area contributed by atoms with Crippen LogP contribution in [-0.4, -0.2) is 42.5 Å². The number of benzene rings is 1. The number of phenols is 1. The number of phenolic OH excluding ortho intramolecular Hbond substituents is 1. The second-order valence-corrected chi connectivity index (χ2v) is 3.67. The fraction of sp³-hybridized carbons (Fsp3) is 0.364. The van der Waals surface area contributed by atoms with E-state index in [4.69, 9.17) is 21.4 Å². The maximum Gasteiger partial charge on any atom is 0.251 e. The van der Waals surface area contributed by atoms with Gasteiger partial charge in [0.25, 0.3) is 5.91 Å². The first-order valence-electron chi connectivity index (χ1n) is 5.10. The van der Waals surface area contributed by atoms with Gasteiger partial charge in [0.2, 0.25) is 0 Å². The minimum atomic E-state index is -0.292. The van der Waals surface area contributed by atoms with Crippen LogP contribution in [0.4, 0.5) is 0 Å². The number of halogens is 1. The fourth-order valence-corrected chi connectivity index (χ4v) is 1.33. The number of carbonyl (C=O) groups excluding carboxylic acids is 1. The summed E-state index contributed by atoms with van der Waals surface area (Å²) in [7, 11) is 0. The number of nitrogens with one attached hydrogen (secondary N) is 1. The van der Waals surface area contributed by atoms with Gasteiger partial charge in [-0.3, -0.25) is 4.79 Å². The first-order valence-corrected chi connectivity index (χ1v) is 5.48. The maximum absolute atomic E-state index is 11.6. The van der Waals surface area contributed by atoms with Crippen molar-refractivity contribution in [2.75, 3.05) is 26.4 Å². The van der Waals surface area contributed by atoms with Gasteiger partial charge in [0.05, 0.1) is 24.8 Å². The highest BCUT2D eigenvalue weighted by molar-refractivity contribution is 6.32. The molecule has 0 unspecified atom stereocenters. The quantitative estimate of drug-likeness (QED) is 0.660. The molecule has 17 heavy (non-hydrogen) atoms. The van der Waals surface area contributed by atoms with Crippen LogP contribution in [0.15, 0.2) is 18.2 Å². The van der Waals surface area contributed by atoms with Crippen molar-refractivity contribution >= 4 is 17.5 Å². The van der Waals surface area contributed by atoms with Gasteiger partial charge in [0.1, 0.15) is 5.75 Å². The zero-order valence-corrected chi connectivity index (χ0v) is 9.91. The standard InChI is InChI=1S/C11H14ClNO4/c12-9-7-8(1-2-10(9)15)11(16)13-3-5-17-6-4-14/h1-2,7,14-15H,3-6H2,(H,13,16). The summed E-state index contributed by atoms with van der Waals surface area (Å²) in [6.45, 7) is 0.887. The number of carbonyl (C=O) groups is 1. The summed E-state index contributed by atoms with van der Waals surface area (Å²) < 4.78 is 4.98. The fourth-order valence-electron chi connectivity index (χ4n) is 1.15. The Hall–Kier alpha value is -1.30. The van der Waals surface area contributed by atoms with E-state index in [9.17, 15) is 9.90 Å². The van der Waals surface area contributed by atoms with Crippen LogP contribution in [0, 0.1) is 0 Å². The molecule has 0 atom stereocenters. The molecule has 0 aliphatic heterocycles. The van der Waals surface area contributed by atoms with Crippen molar-refractivity contribution in [1.29, 1.82) is 0 Å². The summed E-state index contributed by atoms with van der Waals surface area (Å²) in [5, 5.41) is 20.4. The van der Waals surface area contributed by atoms with Crippen LogP contribution in [0.5, 0.6) is 5.75 Å². The lowest BCUT2D eigenvalue weighted by Gasteiger charge is -2.06. The Morgan fingerprint density at radius 3 is 2.82 bits per heavy atom. The molecule has 94 valence electrons. The molecule has 0 aliphatic carbocycles. The topological polar surface area (TPSA) is 78.8 Å². The van der Waals surface area contributed by atoms with Gasteiger partial charge in [0.15, 0.2) is 0 Å². The molecule has 1 rings (SSSR count). The molecule has 0 saturated heterocycles. The van der Waals surface area contributed by atoms with E-state index in [1.807, 2.05) is 0 Å². The van der Waals surface area contributed by atoms with E-state index in [0.717, 1.165) is 0 Å². The molecule has 0 aliphatic rings. The second kappa shape index (κ2) is 7.11. The molecule has 0 bridgehead atoms. The predicted molar refractivity (Wildman–Crippen MR) is 63.4 cm³/mol. The van der Waals surface area contributed by atoms with Gasteiger partial charge in [-0.2, -0.15) is 0 Å². The smallest absolute Gasteiger partial charge is 0.251 e. The Morgan fingerprint density at radius 1 is 1.41 bits per heavy atom. The Kier molecular flexibility index (Phi) is 5.76. The second-order valence-electron chi connectivity index (χ2n) is 3.26. The van der Waals surface area contributed by atoms with Crippen molar-refractivity contribution in [1.82, 2.24) is 5.32 Å². The van der Waals surface area contributed by atoms with Crippen molar-refractivity contribution in [3.8, 4) is 5.75 Å². The molecule has 3 N–H and O–H groups in total.